The summed E-state index contributed by atoms with van der Waals surface area (Å²) in [5, 5.41) is 10.0. The van der Waals surface area contributed by atoms with Gasteiger partial charge in [-0.1, -0.05) is 23.5 Å². The quantitative estimate of drug-likeness (QED) is 0.572. The molecule has 35 heavy (non-hydrogen) atoms. The summed E-state index contributed by atoms with van der Waals surface area (Å²) in [5.74, 6) is -1.50. The molecule has 1 aromatic heterocycles. The largest absolute Gasteiger partial charge is 0.481 e. The molecule has 2 aliphatic heterocycles. The molecule has 2 bridgehead atoms. The number of thiazole rings is 1. The Kier molecular flexibility index (Phi) is 5.37. The smallest absolute Gasteiger partial charge is 0.305 e. The van der Waals surface area contributed by atoms with Crippen LogP contribution < -0.4 is 9.77 Å². The molecule has 2 aliphatic carbocycles. The topological polar surface area (TPSA) is 111 Å². The van der Waals surface area contributed by atoms with E-state index < -0.39 is 5.97 Å². The van der Waals surface area contributed by atoms with Gasteiger partial charge in [0.2, 0.25) is 11.8 Å². The Hall–Kier alpha value is -2.59. The number of rotatable bonds is 6. The van der Waals surface area contributed by atoms with Crippen LogP contribution in [-0.4, -0.2) is 58.7 Å². The summed E-state index contributed by atoms with van der Waals surface area (Å²) in [6, 6.07) is 8.44. The number of anilines is 1. The first-order chi connectivity index (χ1) is 16.8. The fourth-order valence-electron chi connectivity index (χ4n) is 7.04. The second-order valence-corrected chi connectivity index (χ2v) is 12.5. The predicted octanol–water partition coefficient (Wildman–Crippen LogP) is 2.84. The van der Waals surface area contributed by atoms with Crippen molar-refractivity contribution in [2.45, 2.75) is 35.5 Å². The highest BCUT2D eigenvalue weighted by Gasteiger charge is 2.69. The highest BCUT2D eigenvalue weighted by molar-refractivity contribution is 8.00. The maximum atomic E-state index is 13.4. The zero-order valence-electron chi connectivity index (χ0n) is 19.5. The lowest BCUT2D eigenvalue weighted by Crippen LogP contribution is -2.42. The summed E-state index contributed by atoms with van der Waals surface area (Å²) in [6.07, 6.45) is 1.07. The molecule has 10 heteroatoms. The zero-order chi connectivity index (χ0) is 24.6. The number of aromatic nitrogens is 1. The van der Waals surface area contributed by atoms with E-state index in [4.69, 9.17) is 5.11 Å². The number of carboxylic acid groups (broad SMARTS) is 1. The molecule has 2 aromatic rings. The number of likely N-dealkylation sites (tertiary alicyclic amines) is 1. The average Bonchev–Trinajstić information content (AvgIpc) is 3.54. The first kappa shape index (κ1) is 22.8. The summed E-state index contributed by atoms with van der Waals surface area (Å²) in [5.41, 5.74) is 2.24. The highest BCUT2D eigenvalue weighted by atomic mass is 32.2. The minimum Gasteiger partial charge on any atom is -0.481 e. The SMILES string of the molecule is CN(C)c1ccc([C@@H]2c3sc(=O)[nH]c3S[C@@H]3[C@@H]4C[C@H]([C@H]5C(=O)N(CCCC(=O)O)C(=O)[C@H]45)[C@H]23)cc1. The number of benzene rings is 1. The molecule has 2 saturated carbocycles. The van der Waals surface area contributed by atoms with Crippen LogP contribution in [0.2, 0.25) is 0 Å². The Bertz CT molecular complexity index is 1270. The maximum absolute atomic E-state index is 13.4. The summed E-state index contributed by atoms with van der Waals surface area (Å²) in [4.78, 5) is 57.4. The summed E-state index contributed by atoms with van der Waals surface area (Å²) in [6.45, 7) is 0.176. The molecule has 0 spiro atoms. The summed E-state index contributed by atoms with van der Waals surface area (Å²) in [7, 11) is 4.00. The predicted molar refractivity (Wildman–Crippen MR) is 133 cm³/mol. The van der Waals surface area contributed by atoms with Crippen molar-refractivity contribution < 1.29 is 19.5 Å². The Morgan fingerprint density at radius 2 is 1.80 bits per heavy atom. The zero-order valence-corrected chi connectivity index (χ0v) is 21.1. The Labute approximate surface area is 210 Å². The van der Waals surface area contributed by atoms with Gasteiger partial charge >= 0.3 is 10.8 Å². The number of carbonyl (C=O) groups is 3. The van der Waals surface area contributed by atoms with Crippen molar-refractivity contribution in [2.75, 3.05) is 25.5 Å². The lowest BCUT2D eigenvalue weighted by Gasteiger charge is -2.43. The van der Waals surface area contributed by atoms with Crippen molar-refractivity contribution in [3.05, 3.63) is 44.4 Å². The third-order valence-corrected chi connectivity index (χ3v) is 10.9. The second kappa shape index (κ2) is 8.23. The number of nitrogens with zero attached hydrogens (tertiary/aromatic N) is 2. The number of nitrogens with one attached hydrogen (secondary N) is 1. The van der Waals surface area contributed by atoms with Gasteiger partial charge in [-0.15, -0.1) is 11.8 Å². The van der Waals surface area contributed by atoms with Crippen molar-refractivity contribution >= 4 is 46.6 Å². The van der Waals surface area contributed by atoms with Gasteiger partial charge in [-0.2, -0.15) is 0 Å². The second-order valence-electron chi connectivity index (χ2n) is 10.3. The first-order valence-corrected chi connectivity index (χ1v) is 13.7. The van der Waals surface area contributed by atoms with Gasteiger partial charge in [0.25, 0.3) is 0 Å². The van der Waals surface area contributed by atoms with E-state index >= 15 is 0 Å². The molecule has 1 saturated heterocycles. The number of aliphatic carboxylic acids is 1. The van der Waals surface area contributed by atoms with Crippen molar-refractivity contribution in [1.82, 2.24) is 9.88 Å². The molecule has 3 fully saturated rings. The van der Waals surface area contributed by atoms with Crippen LogP contribution in [0.4, 0.5) is 5.69 Å². The molecule has 1 aromatic carbocycles. The number of hydrogen-bond donors (Lipinski definition) is 2. The molecule has 6 rings (SSSR count). The van der Waals surface area contributed by atoms with Gasteiger partial charge in [0, 0.05) is 48.8 Å². The molecule has 4 aliphatic rings. The standard InChI is InChI=1S/C25H27N3O5S2/c1-27(2)12-7-5-11(6-8-12)16-17-13-10-14(20(17)34-22-21(16)35-25(33)26-22)19-18(13)23(31)28(24(19)32)9-3-4-15(29)30/h5-8,13-14,16-20H,3-4,9-10H2,1-2H3,(H,26,33)(H,29,30)/t13-,14+,16-,17+,18+,19+,20+/m0/s1. The number of H-pyrrole nitrogens is 1. The fraction of sp³-hybridized carbons (Fsp3) is 0.520. The number of imide groups is 1. The van der Waals surface area contributed by atoms with Gasteiger partial charge in [0.1, 0.15) is 0 Å². The summed E-state index contributed by atoms with van der Waals surface area (Å²) >= 11 is 2.94. The van der Waals surface area contributed by atoms with Crippen LogP contribution >= 0.6 is 23.1 Å². The van der Waals surface area contributed by atoms with Crippen molar-refractivity contribution in [2.24, 2.45) is 29.6 Å². The molecule has 184 valence electrons. The number of hydrogen-bond acceptors (Lipinski definition) is 7. The van der Waals surface area contributed by atoms with Crippen LogP contribution in [-0.2, 0) is 14.4 Å². The van der Waals surface area contributed by atoms with E-state index in [1.165, 1.54) is 16.2 Å². The molecule has 8 nitrogen and oxygen atoms in total. The number of thioether (sulfide) groups is 1. The lowest BCUT2D eigenvalue weighted by molar-refractivity contribution is -0.142. The lowest BCUT2D eigenvalue weighted by atomic mass is 9.68. The fourth-order valence-corrected chi connectivity index (χ4v) is 9.93. The minimum absolute atomic E-state index is 0.0105. The van der Waals surface area contributed by atoms with Crippen LogP contribution in [0, 0.1) is 29.6 Å². The number of carbonyl (C=O) groups excluding carboxylic acids is 2. The number of carboxylic acids is 1. The Morgan fingerprint density at radius 3 is 2.46 bits per heavy atom. The van der Waals surface area contributed by atoms with Gasteiger partial charge in [0.05, 0.1) is 16.9 Å². The Balaban J connectivity index is 1.36. The van der Waals surface area contributed by atoms with Gasteiger partial charge in [-0.05, 0) is 48.3 Å². The first-order valence-electron chi connectivity index (χ1n) is 12.0. The van der Waals surface area contributed by atoms with Crippen molar-refractivity contribution in [1.29, 1.82) is 0 Å². The van der Waals surface area contributed by atoms with Gasteiger partial charge in [-0.25, -0.2) is 0 Å². The van der Waals surface area contributed by atoms with E-state index in [9.17, 15) is 19.2 Å². The molecule has 2 amide bonds. The van der Waals surface area contributed by atoms with E-state index in [0.29, 0.717) is 0 Å². The monoisotopic (exact) mass is 513 g/mol. The van der Waals surface area contributed by atoms with Crippen LogP contribution in [0.15, 0.2) is 34.1 Å². The number of amides is 2. The van der Waals surface area contributed by atoms with Crippen molar-refractivity contribution in [3.63, 3.8) is 0 Å². The minimum atomic E-state index is -0.921. The van der Waals surface area contributed by atoms with E-state index in [1.54, 1.807) is 11.8 Å². The molecular formula is C25H27N3O5S2. The van der Waals surface area contributed by atoms with Crippen LogP contribution in [0.25, 0.3) is 0 Å². The third-order valence-electron chi connectivity index (χ3n) is 8.36. The van der Waals surface area contributed by atoms with E-state index in [1.807, 2.05) is 19.0 Å². The molecule has 0 radical (unpaired) electrons. The van der Waals surface area contributed by atoms with Gasteiger partial charge in [0.15, 0.2) is 0 Å². The third kappa shape index (κ3) is 3.40. The summed E-state index contributed by atoms with van der Waals surface area (Å²) < 4.78 is 0. The normalized spacial score (nSPS) is 32.5. The molecule has 7 atom stereocenters. The average molecular weight is 514 g/mol. The van der Waals surface area contributed by atoms with E-state index in [2.05, 4.69) is 29.2 Å². The van der Waals surface area contributed by atoms with E-state index in [-0.39, 0.29) is 76.8 Å². The molecular weight excluding hydrogens is 486 g/mol. The number of aromatic amines is 1. The van der Waals surface area contributed by atoms with Crippen molar-refractivity contribution in [3.8, 4) is 0 Å². The van der Waals surface area contributed by atoms with Gasteiger partial charge in [-0.3, -0.25) is 24.1 Å². The molecule has 3 heterocycles. The van der Waals surface area contributed by atoms with Gasteiger partial charge < -0.3 is 15.0 Å². The highest BCUT2D eigenvalue weighted by Crippen LogP contribution is 2.68. The van der Waals surface area contributed by atoms with E-state index in [0.717, 1.165) is 27.6 Å². The van der Waals surface area contributed by atoms with Crippen LogP contribution in [0.3, 0.4) is 0 Å². The molecule has 2 N–H and O–H groups in total. The Morgan fingerprint density at radius 1 is 1.11 bits per heavy atom. The van der Waals surface area contributed by atoms with Crippen LogP contribution in [0.1, 0.15) is 35.6 Å². The molecule has 0 unspecified atom stereocenters. The maximum Gasteiger partial charge on any atom is 0.305 e. The van der Waals surface area contributed by atoms with Crippen LogP contribution in [0.5, 0.6) is 0 Å². The number of fused-ring (bicyclic) bond motifs is 9.